The molecule has 0 radical (unpaired) electrons. The fourth-order valence-electron chi connectivity index (χ4n) is 4.68. The van der Waals surface area contributed by atoms with Crippen LogP contribution in [0.3, 0.4) is 0 Å². The quantitative estimate of drug-likeness (QED) is 0.475. The summed E-state index contributed by atoms with van der Waals surface area (Å²) >= 11 is 1.72. The van der Waals surface area contributed by atoms with Gasteiger partial charge in [0.15, 0.2) is 0 Å². The summed E-state index contributed by atoms with van der Waals surface area (Å²) in [6, 6.07) is 0.542. The number of carbonyl (C=O) groups is 1. The summed E-state index contributed by atoms with van der Waals surface area (Å²) in [7, 11) is 1.97. The molecule has 0 aromatic rings. The lowest BCUT2D eigenvalue weighted by Crippen LogP contribution is -2.56. The minimum atomic E-state index is -0.886. The monoisotopic (exact) mass is 381 g/mol. The first-order chi connectivity index (χ1) is 12.4. The Morgan fingerprint density at radius 2 is 2.27 bits per heavy atom. The van der Waals surface area contributed by atoms with E-state index < -0.39 is 12.1 Å². The van der Waals surface area contributed by atoms with Gasteiger partial charge in [0.25, 0.3) is 0 Å². The molecule has 0 unspecified atom stereocenters. The molecule has 3 aliphatic rings. The van der Waals surface area contributed by atoms with Gasteiger partial charge in [0.1, 0.15) is 5.70 Å². The van der Waals surface area contributed by atoms with Crippen LogP contribution in [0.4, 0.5) is 0 Å². The van der Waals surface area contributed by atoms with E-state index in [0.717, 1.165) is 43.0 Å². The van der Waals surface area contributed by atoms with Crippen molar-refractivity contribution in [1.82, 2.24) is 15.5 Å². The molecule has 146 valence electrons. The number of rotatable bonds is 8. The molecule has 26 heavy (non-hydrogen) atoms. The Hall–Kier alpha value is -1.02. The van der Waals surface area contributed by atoms with Gasteiger partial charge < -0.3 is 25.7 Å². The molecule has 3 aliphatic heterocycles. The number of hydrogen-bond donors (Lipinski definition) is 4. The van der Waals surface area contributed by atoms with Crippen molar-refractivity contribution in [3.05, 3.63) is 22.9 Å². The number of aliphatic carboxylic acids is 1. The zero-order valence-electron chi connectivity index (χ0n) is 15.9. The van der Waals surface area contributed by atoms with Crippen LogP contribution in [0, 0.1) is 11.8 Å². The predicted octanol–water partition coefficient (Wildman–Crippen LogP) is 1.59. The van der Waals surface area contributed by atoms with Crippen molar-refractivity contribution >= 4 is 17.7 Å². The number of carboxylic acids is 1. The second kappa shape index (κ2) is 7.92. The van der Waals surface area contributed by atoms with Gasteiger partial charge in [-0.1, -0.05) is 13.5 Å². The maximum Gasteiger partial charge on any atom is 0.353 e. The zero-order valence-corrected chi connectivity index (χ0v) is 16.7. The molecule has 2 saturated heterocycles. The molecule has 6 atom stereocenters. The van der Waals surface area contributed by atoms with Crippen molar-refractivity contribution in [3.8, 4) is 0 Å². The number of aliphatic hydroxyl groups is 1. The van der Waals surface area contributed by atoms with Crippen molar-refractivity contribution in [1.29, 1.82) is 0 Å². The summed E-state index contributed by atoms with van der Waals surface area (Å²) in [5.41, 5.74) is 1.12. The summed E-state index contributed by atoms with van der Waals surface area (Å²) in [6.07, 6.45) is 2.86. The van der Waals surface area contributed by atoms with Gasteiger partial charge in [-0.05, 0) is 39.8 Å². The first kappa shape index (κ1) is 19.7. The molecule has 0 aromatic heterocycles. The van der Waals surface area contributed by atoms with Crippen LogP contribution in [0.15, 0.2) is 22.9 Å². The van der Waals surface area contributed by atoms with E-state index in [1.165, 1.54) is 0 Å². The molecule has 0 aliphatic carbocycles. The highest BCUT2D eigenvalue weighted by Gasteiger charge is 2.56. The minimum Gasteiger partial charge on any atom is -0.477 e. The van der Waals surface area contributed by atoms with Crippen LogP contribution in [0.25, 0.3) is 0 Å². The third-order valence-corrected chi connectivity index (χ3v) is 7.45. The van der Waals surface area contributed by atoms with Crippen LogP contribution in [-0.2, 0) is 4.79 Å². The van der Waals surface area contributed by atoms with Crippen molar-refractivity contribution in [2.75, 3.05) is 20.1 Å². The Labute approximate surface area is 160 Å². The predicted molar refractivity (Wildman–Crippen MR) is 105 cm³/mol. The lowest BCUT2D eigenvalue weighted by Gasteiger charge is -2.50. The van der Waals surface area contributed by atoms with Gasteiger partial charge in [-0.3, -0.25) is 0 Å². The Morgan fingerprint density at radius 3 is 2.88 bits per heavy atom. The molecule has 2 fully saturated rings. The van der Waals surface area contributed by atoms with Crippen LogP contribution >= 0.6 is 11.8 Å². The normalized spacial score (nSPS) is 34.8. The van der Waals surface area contributed by atoms with E-state index in [1.807, 2.05) is 11.9 Å². The largest absolute Gasteiger partial charge is 0.477 e. The van der Waals surface area contributed by atoms with Gasteiger partial charge >= 0.3 is 5.97 Å². The van der Waals surface area contributed by atoms with Crippen molar-refractivity contribution in [2.45, 2.75) is 56.5 Å². The van der Waals surface area contributed by atoms with Gasteiger partial charge in [-0.2, -0.15) is 0 Å². The smallest absolute Gasteiger partial charge is 0.353 e. The van der Waals surface area contributed by atoms with Crippen LogP contribution in [0.5, 0.6) is 0 Å². The molecule has 3 rings (SSSR count). The van der Waals surface area contributed by atoms with Crippen molar-refractivity contribution < 1.29 is 15.0 Å². The van der Waals surface area contributed by atoms with E-state index >= 15 is 0 Å². The van der Waals surface area contributed by atoms with Gasteiger partial charge in [0.05, 0.1) is 12.1 Å². The second-order valence-electron chi connectivity index (χ2n) is 7.75. The summed E-state index contributed by atoms with van der Waals surface area (Å²) in [5.74, 6) is -0.823. The topological polar surface area (TPSA) is 84.8 Å². The van der Waals surface area contributed by atoms with Crippen molar-refractivity contribution in [3.63, 3.8) is 0 Å². The van der Waals surface area contributed by atoms with Crippen LogP contribution in [0.2, 0.25) is 0 Å². The van der Waals surface area contributed by atoms with Gasteiger partial charge in [-0.25, -0.2) is 4.79 Å². The third-order valence-electron chi connectivity index (χ3n) is 5.94. The number of thioether (sulfide) groups is 1. The van der Waals surface area contributed by atoms with E-state index in [2.05, 4.69) is 24.1 Å². The lowest BCUT2D eigenvalue weighted by atomic mass is 9.77. The summed E-state index contributed by atoms with van der Waals surface area (Å²) in [5, 5.41) is 27.0. The maximum absolute atomic E-state index is 11.9. The highest BCUT2D eigenvalue weighted by atomic mass is 32.2. The fraction of sp³-hybridized carbons (Fsp3) is 0.737. The van der Waals surface area contributed by atoms with Gasteiger partial charge in [0, 0.05) is 40.3 Å². The second-order valence-corrected chi connectivity index (χ2v) is 9.09. The van der Waals surface area contributed by atoms with E-state index in [-0.39, 0.29) is 17.9 Å². The first-order valence-corrected chi connectivity index (χ1v) is 10.4. The fourth-order valence-corrected chi connectivity index (χ4v) is 6.19. The zero-order chi connectivity index (χ0) is 19.0. The Balaban J connectivity index is 1.69. The van der Waals surface area contributed by atoms with Gasteiger partial charge in [-0.15, -0.1) is 11.8 Å². The number of fused-ring (bicyclic) bond motifs is 1. The summed E-state index contributed by atoms with van der Waals surface area (Å²) in [4.78, 5) is 14.7. The van der Waals surface area contributed by atoms with E-state index in [4.69, 9.17) is 0 Å². The molecule has 0 spiro atoms. The van der Waals surface area contributed by atoms with E-state index in [0.29, 0.717) is 17.0 Å². The number of carboxylic acid groups (broad SMARTS) is 1. The summed E-state index contributed by atoms with van der Waals surface area (Å²) in [6.45, 7) is 9.84. The molecule has 0 saturated carbocycles. The maximum atomic E-state index is 11.9. The molecule has 7 heteroatoms. The standard InChI is InChI=1S/C19H31N3O3S/c1-10-16-15(12(3)23)11(2)22(16)17(19(24)25)18(10)26-14-8-13(21-9-14)6-5-7-20-4/h10,12-16,20-21,23H,2,5-9H2,1,3-4H3,(H,24,25)/t10-,12-,13-,14+,15-,16-/m1/s1. The number of aliphatic hydroxyl groups excluding tert-OH is 1. The highest BCUT2D eigenvalue weighted by Crippen LogP contribution is 2.55. The SMILES string of the molecule is C=C1[C@H]([C@@H](C)O)[C@H]2[C@@H](C)C(S[C@@H]3CN[C@H](CCCNC)C3)=C(C(=O)O)N12. The van der Waals surface area contributed by atoms with Crippen LogP contribution < -0.4 is 10.6 Å². The average molecular weight is 382 g/mol. The third kappa shape index (κ3) is 3.42. The van der Waals surface area contributed by atoms with Gasteiger partial charge in [0.2, 0.25) is 0 Å². The molecule has 0 amide bonds. The molecule has 0 aromatic carbocycles. The first-order valence-electron chi connectivity index (χ1n) is 9.55. The number of nitrogens with zero attached hydrogens (tertiary/aromatic N) is 1. The average Bonchev–Trinajstić information content (AvgIpc) is 3.10. The van der Waals surface area contributed by atoms with E-state index in [1.54, 1.807) is 18.7 Å². The number of hydrogen-bond acceptors (Lipinski definition) is 6. The molecule has 4 N–H and O–H groups in total. The molecule has 3 heterocycles. The van der Waals surface area contributed by atoms with Crippen LogP contribution in [-0.4, -0.2) is 64.7 Å². The Kier molecular flexibility index (Phi) is 6.01. The Morgan fingerprint density at radius 1 is 1.54 bits per heavy atom. The van der Waals surface area contributed by atoms with Crippen LogP contribution in [0.1, 0.15) is 33.1 Å². The molecular weight excluding hydrogens is 350 g/mol. The Bertz CT molecular complexity index is 607. The molecule has 6 nitrogen and oxygen atoms in total. The number of nitrogens with one attached hydrogen (secondary N) is 2. The molecular formula is C19H31N3O3S. The summed E-state index contributed by atoms with van der Waals surface area (Å²) < 4.78 is 0. The van der Waals surface area contributed by atoms with E-state index in [9.17, 15) is 15.0 Å². The lowest BCUT2D eigenvalue weighted by molar-refractivity contribution is -0.135. The van der Waals surface area contributed by atoms with Crippen molar-refractivity contribution in [2.24, 2.45) is 11.8 Å². The highest BCUT2D eigenvalue weighted by molar-refractivity contribution is 8.03. The minimum absolute atomic E-state index is 0.0249. The molecule has 0 bridgehead atoms.